The molecule has 0 aromatic heterocycles. The first-order valence-electron chi connectivity index (χ1n) is 7.72. The Morgan fingerprint density at radius 1 is 1.06 bits per heavy atom. The number of rotatable bonds is 2. The summed E-state index contributed by atoms with van der Waals surface area (Å²) in [7, 11) is 0. The number of hydrogen-bond donors (Lipinski definition) is 1. The minimum atomic E-state index is 0.571. The van der Waals surface area contributed by atoms with E-state index in [2.05, 4.69) is 33.0 Å². The van der Waals surface area contributed by atoms with Crippen LogP contribution in [0, 0.1) is 17.3 Å². The van der Waals surface area contributed by atoms with Crippen molar-refractivity contribution in [3.05, 3.63) is 0 Å². The molecule has 0 aliphatic heterocycles. The third-order valence-corrected chi connectivity index (χ3v) is 5.09. The predicted octanol–water partition coefficient (Wildman–Crippen LogP) is 4.37. The van der Waals surface area contributed by atoms with Crippen molar-refractivity contribution in [3.8, 4) is 0 Å². The third-order valence-electron chi connectivity index (χ3n) is 5.09. The van der Waals surface area contributed by atoms with Crippen LogP contribution in [0.15, 0.2) is 0 Å². The van der Waals surface area contributed by atoms with E-state index in [1.165, 1.54) is 44.9 Å². The van der Waals surface area contributed by atoms with Crippen LogP contribution in [-0.2, 0) is 0 Å². The van der Waals surface area contributed by atoms with Gasteiger partial charge in [0.2, 0.25) is 0 Å². The van der Waals surface area contributed by atoms with Crippen molar-refractivity contribution in [2.24, 2.45) is 17.3 Å². The molecule has 0 amide bonds. The van der Waals surface area contributed by atoms with Crippen LogP contribution in [0.2, 0.25) is 0 Å². The molecule has 2 rings (SSSR count). The summed E-state index contributed by atoms with van der Waals surface area (Å²) in [6, 6.07) is 1.59. The van der Waals surface area contributed by atoms with Gasteiger partial charge in [-0.3, -0.25) is 0 Å². The highest BCUT2D eigenvalue weighted by atomic mass is 15.0. The topological polar surface area (TPSA) is 12.0 Å². The molecule has 4 unspecified atom stereocenters. The van der Waals surface area contributed by atoms with Crippen molar-refractivity contribution in [1.82, 2.24) is 5.32 Å². The molecule has 0 bridgehead atoms. The molecule has 0 heterocycles. The average molecular weight is 237 g/mol. The summed E-state index contributed by atoms with van der Waals surface area (Å²) >= 11 is 0. The van der Waals surface area contributed by atoms with Gasteiger partial charge in [0, 0.05) is 12.1 Å². The molecule has 0 spiro atoms. The van der Waals surface area contributed by atoms with Gasteiger partial charge in [0.1, 0.15) is 0 Å². The van der Waals surface area contributed by atoms with Crippen molar-refractivity contribution in [2.45, 2.75) is 84.7 Å². The highest BCUT2D eigenvalue weighted by molar-refractivity contribution is 4.88. The van der Waals surface area contributed by atoms with E-state index in [1.807, 2.05) is 0 Å². The molecule has 0 aromatic carbocycles. The zero-order chi connectivity index (χ0) is 12.5. The fraction of sp³-hybridized carbons (Fsp3) is 1.00. The van der Waals surface area contributed by atoms with Crippen LogP contribution >= 0.6 is 0 Å². The zero-order valence-electron chi connectivity index (χ0n) is 12.3. The van der Waals surface area contributed by atoms with Crippen molar-refractivity contribution in [1.29, 1.82) is 0 Å². The van der Waals surface area contributed by atoms with E-state index in [4.69, 9.17) is 0 Å². The average Bonchev–Trinajstić information content (AvgIpc) is 2.21. The minimum Gasteiger partial charge on any atom is -0.311 e. The largest absolute Gasteiger partial charge is 0.311 e. The second-order valence-corrected chi connectivity index (χ2v) is 7.63. The Balaban J connectivity index is 1.84. The van der Waals surface area contributed by atoms with Crippen molar-refractivity contribution >= 4 is 0 Å². The lowest BCUT2D eigenvalue weighted by molar-refractivity contribution is 0.153. The van der Waals surface area contributed by atoms with Gasteiger partial charge in [0.25, 0.3) is 0 Å². The molecule has 17 heavy (non-hydrogen) atoms. The van der Waals surface area contributed by atoms with Crippen molar-refractivity contribution in [3.63, 3.8) is 0 Å². The fourth-order valence-corrected chi connectivity index (χ4v) is 4.06. The van der Waals surface area contributed by atoms with Crippen LogP contribution in [0.4, 0.5) is 0 Å². The second kappa shape index (κ2) is 5.30. The highest BCUT2D eigenvalue weighted by Gasteiger charge is 2.32. The molecule has 2 aliphatic carbocycles. The normalized spacial score (nSPS) is 42.4. The molecule has 2 fully saturated rings. The Bertz CT molecular complexity index is 246. The Labute approximate surface area is 108 Å². The van der Waals surface area contributed by atoms with Crippen LogP contribution in [-0.4, -0.2) is 12.1 Å². The maximum Gasteiger partial charge on any atom is 0.00954 e. The van der Waals surface area contributed by atoms with E-state index >= 15 is 0 Å². The van der Waals surface area contributed by atoms with E-state index in [9.17, 15) is 0 Å². The van der Waals surface area contributed by atoms with Gasteiger partial charge in [-0.1, -0.05) is 34.1 Å². The maximum absolute atomic E-state index is 3.98. The summed E-state index contributed by atoms with van der Waals surface area (Å²) < 4.78 is 0. The Hall–Kier alpha value is -0.0400. The fourth-order valence-electron chi connectivity index (χ4n) is 4.06. The summed E-state index contributed by atoms with van der Waals surface area (Å²) in [5.74, 6) is 1.83. The lowest BCUT2D eigenvalue weighted by Crippen LogP contribution is -2.47. The quantitative estimate of drug-likeness (QED) is 0.752. The van der Waals surface area contributed by atoms with Gasteiger partial charge in [-0.05, 0) is 55.8 Å². The van der Waals surface area contributed by atoms with Crippen LogP contribution in [0.25, 0.3) is 0 Å². The summed E-state index contributed by atoms with van der Waals surface area (Å²) in [5, 5.41) is 3.98. The van der Waals surface area contributed by atoms with Gasteiger partial charge in [-0.15, -0.1) is 0 Å². The molecule has 0 saturated heterocycles. The SMILES string of the molecule is CC1CCC(NC2CCCC(C)(C)C2)C(C)C1. The first-order valence-corrected chi connectivity index (χ1v) is 7.72. The lowest BCUT2D eigenvalue weighted by atomic mass is 9.74. The summed E-state index contributed by atoms with van der Waals surface area (Å²) in [6.07, 6.45) is 9.88. The molecule has 100 valence electrons. The maximum atomic E-state index is 3.98. The molecule has 4 atom stereocenters. The van der Waals surface area contributed by atoms with Gasteiger partial charge in [-0.25, -0.2) is 0 Å². The van der Waals surface area contributed by atoms with Gasteiger partial charge in [0.05, 0.1) is 0 Å². The minimum absolute atomic E-state index is 0.571. The third kappa shape index (κ3) is 3.71. The first-order chi connectivity index (χ1) is 7.96. The standard InChI is InChI=1S/C16H31N/c1-12-7-8-15(13(2)10-12)17-14-6-5-9-16(3,4)11-14/h12-15,17H,5-11H2,1-4H3. The summed E-state index contributed by atoms with van der Waals surface area (Å²) in [4.78, 5) is 0. The van der Waals surface area contributed by atoms with Crippen LogP contribution in [0.1, 0.15) is 72.6 Å². The van der Waals surface area contributed by atoms with Crippen molar-refractivity contribution < 1.29 is 0 Å². The van der Waals surface area contributed by atoms with E-state index in [-0.39, 0.29) is 0 Å². The van der Waals surface area contributed by atoms with Gasteiger partial charge in [0.15, 0.2) is 0 Å². The van der Waals surface area contributed by atoms with Gasteiger partial charge in [-0.2, -0.15) is 0 Å². The van der Waals surface area contributed by atoms with Crippen molar-refractivity contribution in [2.75, 3.05) is 0 Å². The summed E-state index contributed by atoms with van der Waals surface area (Å²) in [5.41, 5.74) is 0.571. The molecular weight excluding hydrogens is 206 g/mol. The zero-order valence-corrected chi connectivity index (χ0v) is 12.3. The molecule has 0 aromatic rings. The van der Waals surface area contributed by atoms with Crippen LogP contribution < -0.4 is 5.32 Å². The molecule has 2 saturated carbocycles. The van der Waals surface area contributed by atoms with E-state index in [0.717, 1.165) is 23.9 Å². The molecule has 1 N–H and O–H groups in total. The van der Waals surface area contributed by atoms with E-state index in [0.29, 0.717) is 5.41 Å². The molecule has 0 radical (unpaired) electrons. The smallest absolute Gasteiger partial charge is 0.00954 e. The van der Waals surface area contributed by atoms with Crippen LogP contribution in [0.5, 0.6) is 0 Å². The monoisotopic (exact) mass is 237 g/mol. The lowest BCUT2D eigenvalue weighted by Gasteiger charge is -2.41. The van der Waals surface area contributed by atoms with E-state index in [1.54, 1.807) is 0 Å². The Morgan fingerprint density at radius 3 is 2.47 bits per heavy atom. The second-order valence-electron chi connectivity index (χ2n) is 7.63. The molecular formula is C16H31N. The Morgan fingerprint density at radius 2 is 1.82 bits per heavy atom. The van der Waals surface area contributed by atoms with Gasteiger partial charge >= 0.3 is 0 Å². The van der Waals surface area contributed by atoms with Gasteiger partial charge < -0.3 is 5.32 Å². The highest BCUT2D eigenvalue weighted by Crippen LogP contribution is 2.36. The predicted molar refractivity (Wildman–Crippen MR) is 75.1 cm³/mol. The molecule has 1 heteroatoms. The molecule has 1 nitrogen and oxygen atoms in total. The Kier molecular flexibility index (Phi) is 4.18. The van der Waals surface area contributed by atoms with E-state index < -0.39 is 0 Å². The summed E-state index contributed by atoms with van der Waals surface area (Å²) in [6.45, 7) is 9.73. The molecule has 2 aliphatic rings. The van der Waals surface area contributed by atoms with Crippen LogP contribution in [0.3, 0.4) is 0 Å². The first kappa shape index (κ1) is 13.4. The number of nitrogens with one attached hydrogen (secondary N) is 1. The number of hydrogen-bond acceptors (Lipinski definition) is 1.